The highest BCUT2D eigenvalue weighted by Crippen LogP contribution is 2.42. The number of benzene rings is 3. The average molecular weight is 291 g/mol. The van der Waals surface area contributed by atoms with Crippen LogP contribution in [0.1, 0.15) is 0 Å². The van der Waals surface area contributed by atoms with Crippen LogP contribution in [0.5, 0.6) is 0 Å². The lowest BCUT2D eigenvalue weighted by Crippen LogP contribution is -2.28. The summed E-state index contributed by atoms with van der Waals surface area (Å²) in [6.07, 6.45) is 0. The van der Waals surface area contributed by atoms with Crippen molar-refractivity contribution in [3.63, 3.8) is 0 Å². The minimum Gasteiger partial charge on any atom is -0.308 e. The Morgan fingerprint density at radius 1 is 0.524 bits per heavy atom. The van der Waals surface area contributed by atoms with Gasteiger partial charge in [0.1, 0.15) is 0 Å². The standard InChI is InChI=1S/C19H18NP/c20-16-21(17-10-4-1-5-11-17,18-12-6-2-7-13-18)19-14-8-3-9-15-19/h1-16H,20H2. The second-order valence-corrected chi connectivity index (χ2v) is 8.17. The van der Waals surface area contributed by atoms with Gasteiger partial charge in [-0.05, 0) is 28.7 Å². The van der Waals surface area contributed by atoms with Crippen molar-refractivity contribution in [3.8, 4) is 0 Å². The van der Waals surface area contributed by atoms with Crippen LogP contribution in [0, 0.1) is 0 Å². The van der Waals surface area contributed by atoms with Gasteiger partial charge in [-0.1, -0.05) is 91.0 Å². The van der Waals surface area contributed by atoms with Gasteiger partial charge in [0.15, 0.2) is 0 Å². The van der Waals surface area contributed by atoms with Crippen LogP contribution in [0.2, 0.25) is 0 Å². The first-order chi connectivity index (χ1) is 10.4. The molecule has 0 aromatic heterocycles. The molecule has 0 aliphatic heterocycles. The van der Waals surface area contributed by atoms with Crippen molar-refractivity contribution in [1.82, 2.24) is 0 Å². The summed E-state index contributed by atoms with van der Waals surface area (Å²) >= 11 is 0. The number of hydrogen-bond acceptors (Lipinski definition) is 0. The number of hydrogen-bond donors (Lipinski definition) is 1. The molecule has 0 unspecified atom stereocenters. The zero-order valence-corrected chi connectivity index (χ0v) is 12.7. The van der Waals surface area contributed by atoms with E-state index in [9.17, 15) is 0 Å². The fraction of sp³-hybridized carbons (Fsp3) is 0. The van der Waals surface area contributed by atoms with E-state index in [0.29, 0.717) is 0 Å². The molecule has 0 aliphatic carbocycles. The maximum atomic E-state index is 6.23. The Balaban J connectivity index is 2.35. The van der Waals surface area contributed by atoms with E-state index in [-0.39, 0.29) is 0 Å². The van der Waals surface area contributed by atoms with Crippen molar-refractivity contribution in [2.24, 2.45) is 5.73 Å². The van der Waals surface area contributed by atoms with Gasteiger partial charge in [0, 0.05) is 0 Å². The van der Waals surface area contributed by atoms with Gasteiger partial charge >= 0.3 is 0 Å². The van der Waals surface area contributed by atoms with Crippen molar-refractivity contribution < 1.29 is 0 Å². The highest BCUT2D eigenvalue weighted by Gasteiger charge is 2.23. The maximum Gasteiger partial charge on any atom is -0.0130 e. The second kappa shape index (κ2) is 6.13. The number of nitrogens with two attached hydrogens (primary N) is 1. The second-order valence-electron chi connectivity index (χ2n) is 4.88. The van der Waals surface area contributed by atoms with E-state index in [1.807, 2.05) is 24.1 Å². The van der Waals surface area contributed by atoms with Crippen LogP contribution in [-0.4, -0.2) is 5.92 Å². The minimum absolute atomic E-state index is 1.28. The lowest BCUT2D eigenvalue weighted by Gasteiger charge is -2.27. The molecule has 0 bridgehead atoms. The zero-order chi connectivity index (χ0) is 14.5. The molecule has 1 nitrogen and oxygen atoms in total. The fourth-order valence-electron chi connectivity index (χ4n) is 2.69. The van der Waals surface area contributed by atoms with Crippen LogP contribution in [0.25, 0.3) is 0 Å². The van der Waals surface area contributed by atoms with Crippen LogP contribution in [0.3, 0.4) is 0 Å². The van der Waals surface area contributed by atoms with Gasteiger partial charge in [-0.15, -0.1) is 0 Å². The van der Waals surface area contributed by atoms with Gasteiger partial charge in [-0.2, -0.15) is 0 Å². The molecule has 0 spiro atoms. The summed E-state index contributed by atoms with van der Waals surface area (Å²) in [5.74, 6) is 1.91. The van der Waals surface area contributed by atoms with Crippen LogP contribution < -0.4 is 21.6 Å². The Bertz CT molecular complexity index is 646. The van der Waals surface area contributed by atoms with Gasteiger partial charge in [0.25, 0.3) is 0 Å². The molecule has 3 aromatic rings. The van der Waals surface area contributed by atoms with Crippen molar-refractivity contribution in [3.05, 3.63) is 91.0 Å². The quantitative estimate of drug-likeness (QED) is 0.738. The summed E-state index contributed by atoms with van der Waals surface area (Å²) in [6.45, 7) is -1.88. The highest BCUT2D eigenvalue weighted by atomic mass is 31.2. The first kappa shape index (κ1) is 13.9. The van der Waals surface area contributed by atoms with Gasteiger partial charge in [0.05, 0.1) is 0 Å². The lowest BCUT2D eigenvalue weighted by atomic mass is 10.4. The molecule has 0 heterocycles. The Morgan fingerprint density at radius 3 is 1.05 bits per heavy atom. The lowest BCUT2D eigenvalue weighted by molar-refractivity contribution is 1.73. The van der Waals surface area contributed by atoms with E-state index in [1.165, 1.54) is 15.9 Å². The molecule has 2 N–H and O–H groups in total. The summed E-state index contributed by atoms with van der Waals surface area (Å²) < 4.78 is 0. The summed E-state index contributed by atoms with van der Waals surface area (Å²) in [6, 6.07) is 31.7. The zero-order valence-electron chi connectivity index (χ0n) is 11.8. The molecule has 0 saturated carbocycles. The average Bonchev–Trinajstić information content (AvgIpc) is 2.59. The third-order valence-corrected chi connectivity index (χ3v) is 7.50. The Labute approximate surface area is 126 Å². The van der Waals surface area contributed by atoms with E-state index in [2.05, 4.69) is 72.8 Å². The van der Waals surface area contributed by atoms with Gasteiger partial charge in [-0.25, -0.2) is 0 Å². The third-order valence-electron chi connectivity index (χ3n) is 3.71. The third kappa shape index (κ3) is 2.47. The van der Waals surface area contributed by atoms with Gasteiger partial charge in [-0.3, -0.25) is 0 Å². The molecule has 104 valence electrons. The Morgan fingerprint density at radius 2 is 0.810 bits per heavy atom. The molecule has 0 atom stereocenters. The molecular weight excluding hydrogens is 273 g/mol. The normalized spacial score (nSPS) is 11.1. The molecule has 0 amide bonds. The molecule has 21 heavy (non-hydrogen) atoms. The first-order valence-electron chi connectivity index (χ1n) is 6.99. The molecule has 0 aliphatic rings. The van der Waals surface area contributed by atoms with E-state index in [4.69, 9.17) is 5.73 Å². The van der Waals surface area contributed by atoms with Gasteiger partial charge < -0.3 is 5.73 Å². The van der Waals surface area contributed by atoms with Crippen molar-refractivity contribution in [2.75, 3.05) is 0 Å². The summed E-state index contributed by atoms with van der Waals surface area (Å²) in [4.78, 5) is 0. The van der Waals surface area contributed by atoms with E-state index in [1.54, 1.807) is 0 Å². The fourth-order valence-corrected chi connectivity index (χ4v) is 6.03. The maximum absolute atomic E-state index is 6.23. The molecule has 3 aromatic carbocycles. The SMILES string of the molecule is NC=P(c1ccccc1)(c1ccccc1)c1ccccc1. The molecule has 2 heteroatoms. The minimum atomic E-state index is -1.88. The summed E-state index contributed by atoms with van der Waals surface area (Å²) in [7, 11) is 0. The summed E-state index contributed by atoms with van der Waals surface area (Å²) in [5, 5.41) is 3.85. The molecule has 3 rings (SSSR count). The highest BCUT2D eigenvalue weighted by molar-refractivity contribution is 7.94. The molecule has 0 radical (unpaired) electrons. The van der Waals surface area contributed by atoms with Crippen LogP contribution >= 0.6 is 6.89 Å². The molecular formula is C19H18NP. The van der Waals surface area contributed by atoms with Crippen LogP contribution in [0.15, 0.2) is 91.0 Å². The predicted molar refractivity (Wildman–Crippen MR) is 95.4 cm³/mol. The monoisotopic (exact) mass is 291 g/mol. The van der Waals surface area contributed by atoms with Crippen LogP contribution in [0.4, 0.5) is 0 Å². The van der Waals surface area contributed by atoms with Crippen LogP contribution in [-0.2, 0) is 0 Å². The first-order valence-corrected chi connectivity index (χ1v) is 8.85. The Hall–Kier alpha value is -2.08. The van der Waals surface area contributed by atoms with Crippen molar-refractivity contribution in [1.29, 1.82) is 0 Å². The topological polar surface area (TPSA) is 26.0 Å². The largest absolute Gasteiger partial charge is 0.308 e. The van der Waals surface area contributed by atoms with E-state index >= 15 is 0 Å². The Kier molecular flexibility index (Phi) is 4.06. The molecule has 0 saturated heterocycles. The predicted octanol–water partition coefficient (Wildman–Crippen LogP) is 2.70. The van der Waals surface area contributed by atoms with E-state index < -0.39 is 6.89 Å². The van der Waals surface area contributed by atoms with Crippen molar-refractivity contribution in [2.45, 2.75) is 0 Å². The van der Waals surface area contributed by atoms with Crippen molar-refractivity contribution >= 4 is 28.7 Å². The number of rotatable bonds is 3. The van der Waals surface area contributed by atoms with E-state index in [0.717, 1.165) is 0 Å². The smallest absolute Gasteiger partial charge is 0.0130 e. The molecule has 0 fully saturated rings. The van der Waals surface area contributed by atoms with Gasteiger partial charge in [0.2, 0.25) is 0 Å². The summed E-state index contributed by atoms with van der Waals surface area (Å²) in [5.41, 5.74) is 6.23.